The monoisotopic (exact) mass is 394 g/mol. The lowest BCUT2D eigenvalue weighted by atomic mass is 10.1. The average Bonchev–Trinajstić information content (AvgIpc) is 3.07. The number of hydrogen-bond acceptors (Lipinski definition) is 8. The molecule has 0 amide bonds. The number of anilines is 1. The number of fused-ring (bicyclic) bond motifs is 1. The van der Waals surface area contributed by atoms with Crippen molar-refractivity contribution in [3.63, 3.8) is 0 Å². The van der Waals surface area contributed by atoms with Crippen molar-refractivity contribution in [2.45, 2.75) is 35.7 Å². The molecule has 0 saturated carbocycles. The highest BCUT2D eigenvalue weighted by molar-refractivity contribution is 8.01. The molecule has 0 bridgehead atoms. The van der Waals surface area contributed by atoms with Gasteiger partial charge in [0.05, 0.1) is 5.52 Å². The summed E-state index contributed by atoms with van der Waals surface area (Å²) in [5, 5.41) is 14.6. The van der Waals surface area contributed by atoms with Crippen LogP contribution in [0.2, 0.25) is 0 Å². The van der Waals surface area contributed by atoms with Crippen molar-refractivity contribution in [3.05, 3.63) is 48.8 Å². The third-order valence-electron chi connectivity index (χ3n) is 3.56. The average molecular weight is 395 g/mol. The molecule has 6 nitrogen and oxygen atoms in total. The maximum atomic E-state index is 4.78. The van der Waals surface area contributed by atoms with Crippen LogP contribution in [-0.4, -0.2) is 30.7 Å². The zero-order valence-corrected chi connectivity index (χ0v) is 16.8. The summed E-state index contributed by atoms with van der Waals surface area (Å²) in [6.07, 6.45) is 3.51. The highest BCUT2D eigenvalue weighted by Gasteiger charge is 2.16. The second-order valence-corrected chi connectivity index (χ2v) is 9.17. The van der Waals surface area contributed by atoms with Crippen molar-refractivity contribution < 1.29 is 0 Å². The minimum atomic E-state index is -0.0590. The Bertz CT molecular complexity index is 1070. The van der Waals surface area contributed by atoms with Gasteiger partial charge < -0.3 is 5.32 Å². The minimum Gasteiger partial charge on any atom is -0.355 e. The number of nitrogens with one attached hydrogen (secondary N) is 1. The molecule has 0 saturated heterocycles. The molecule has 0 aliphatic rings. The first kappa shape index (κ1) is 17.8. The van der Waals surface area contributed by atoms with Crippen molar-refractivity contribution in [2.75, 3.05) is 5.32 Å². The van der Waals surface area contributed by atoms with E-state index in [1.54, 1.807) is 12.4 Å². The first-order valence-electron chi connectivity index (χ1n) is 8.45. The molecule has 27 heavy (non-hydrogen) atoms. The largest absolute Gasteiger partial charge is 0.355 e. The zero-order valence-electron chi connectivity index (χ0n) is 15.2. The molecule has 136 valence electrons. The Labute approximate surface area is 165 Å². The summed E-state index contributed by atoms with van der Waals surface area (Å²) in [6, 6.07) is 11.8. The summed E-state index contributed by atoms with van der Waals surface area (Å²) in [6.45, 7) is 6.29. The maximum absolute atomic E-state index is 4.78. The standard InChI is InChI=1S/C19H18N6S2/c1-19(2,3)23-17-24-25-18(27-17)26-16-13-8-4-5-9-14(13)21-15(22-16)12-7-6-10-20-11-12/h4-11H,1-3H3,(H,23,24). The molecular formula is C19H18N6S2. The van der Waals surface area contributed by atoms with Crippen LogP contribution < -0.4 is 5.32 Å². The molecule has 4 rings (SSSR count). The van der Waals surface area contributed by atoms with Gasteiger partial charge in [0, 0.05) is 28.9 Å². The van der Waals surface area contributed by atoms with E-state index in [1.807, 2.05) is 36.4 Å². The van der Waals surface area contributed by atoms with Crippen LogP contribution in [0.15, 0.2) is 58.2 Å². The Morgan fingerprint density at radius 2 is 1.85 bits per heavy atom. The summed E-state index contributed by atoms with van der Waals surface area (Å²) in [5.74, 6) is 0.654. The van der Waals surface area contributed by atoms with Crippen LogP contribution >= 0.6 is 23.1 Å². The molecule has 0 fully saturated rings. The van der Waals surface area contributed by atoms with Gasteiger partial charge in [0.15, 0.2) is 10.2 Å². The van der Waals surface area contributed by atoms with Gasteiger partial charge in [0.2, 0.25) is 5.13 Å². The van der Waals surface area contributed by atoms with E-state index in [1.165, 1.54) is 23.1 Å². The van der Waals surface area contributed by atoms with Crippen molar-refractivity contribution in [3.8, 4) is 11.4 Å². The molecule has 1 N–H and O–H groups in total. The Hall–Kier alpha value is -2.58. The van der Waals surface area contributed by atoms with Crippen molar-refractivity contribution in [2.24, 2.45) is 0 Å². The van der Waals surface area contributed by atoms with E-state index in [9.17, 15) is 0 Å². The van der Waals surface area contributed by atoms with Crippen molar-refractivity contribution >= 4 is 39.1 Å². The van der Waals surface area contributed by atoms with E-state index >= 15 is 0 Å². The van der Waals surface area contributed by atoms with Gasteiger partial charge in [0.25, 0.3) is 0 Å². The van der Waals surface area contributed by atoms with E-state index in [0.717, 1.165) is 31.0 Å². The SMILES string of the molecule is CC(C)(C)Nc1nnc(Sc2nc(-c3cccnc3)nc3ccccc23)s1. The number of para-hydroxylation sites is 1. The van der Waals surface area contributed by atoms with E-state index in [4.69, 9.17) is 9.97 Å². The van der Waals surface area contributed by atoms with Gasteiger partial charge in [-0.3, -0.25) is 4.98 Å². The van der Waals surface area contributed by atoms with Gasteiger partial charge in [-0.15, -0.1) is 10.2 Å². The summed E-state index contributed by atoms with van der Waals surface area (Å²) >= 11 is 3.03. The van der Waals surface area contributed by atoms with Gasteiger partial charge in [0.1, 0.15) is 5.03 Å². The van der Waals surface area contributed by atoms with Crippen LogP contribution in [0, 0.1) is 0 Å². The molecule has 3 heterocycles. The van der Waals surface area contributed by atoms with Crippen LogP contribution in [0.25, 0.3) is 22.3 Å². The Balaban J connectivity index is 1.72. The highest BCUT2D eigenvalue weighted by atomic mass is 32.2. The molecule has 0 aliphatic heterocycles. The van der Waals surface area contributed by atoms with E-state index < -0.39 is 0 Å². The van der Waals surface area contributed by atoms with E-state index in [0.29, 0.717) is 5.82 Å². The predicted octanol–water partition coefficient (Wildman–Crippen LogP) is 4.90. The van der Waals surface area contributed by atoms with Gasteiger partial charge in [-0.25, -0.2) is 9.97 Å². The quantitative estimate of drug-likeness (QED) is 0.493. The number of benzene rings is 1. The van der Waals surface area contributed by atoms with Crippen LogP contribution in [0.4, 0.5) is 5.13 Å². The van der Waals surface area contributed by atoms with Gasteiger partial charge in [-0.1, -0.05) is 29.5 Å². The number of nitrogens with zero attached hydrogens (tertiary/aromatic N) is 5. The third-order valence-corrected chi connectivity index (χ3v) is 5.45. The van der Waals surface area contributed by atoms with Crippen LogP contribution in [0.5, 0.6) is 0 Å². The smallest absolute Gasteiger partial charge is 0.206 e. The number of hydrogen-bond donors (Lipinski definition) is 1. The summed E-state index contributed by atoms with van der Waals surface area (Å²) in [4.78, 5) is 13.6. The lowest BCUT2D eigenvalue weighted by molar-refractivity contribution is 0.631. The minimum absolute atomic E-state index is 0.0590. The second kappa shape index (κ2) is 7.21. The Morgan fingerprint density at radius 3 is 2.63 bits per heavy atom. The molecule has 0 aliphatic carbocycles. The third kappa shape index (κ3) is 4.23. The molecule has 1 aromatic carbocycles. The fourth-order valence-corrected chi connectivity index (χ4v) is 4.44. The van der Waals surface area contributed by atoms with Crippen LogP contribution in [0.1, 0.15) is 20.8 Å². The highest BCUT2D eigenvalue weighted by Crippen LogP contribution is 2.36. The normalized spacial score (nSPS) is 11.7. The van der Waals surface area contributed by atoms with E-state index in [2.05, 4.69) is 41.3 Å². The molecular weight excluding hydrogens is 376 g/mol. The lowest BCUT2D eigenvalue weighted by Gasteiger charge is -2.18. The molecule has 8 heteroatoms. The second-order valence-electron chi connectivity index (χ2n) is 6.96. The first-order chi connectivity index (χ1) is 13.0. The maximum Gasteiger partial charge on any atom is 0.206 e. The van der Waals surface area contributed by atoms with Gasteiger partial charge >= 0.3 is 0 Å². The van der Waals surface area contributed by atoms with Crippen molar-refractivity contribution in [1.29, 1.82) is 0 Å². The first-order valence-corrected chi connectivity index (χ1v) is 10.1. The molecule has 4 aromatic rings. The summed E-state index contributed by atoms with van der Waals surface area (Å²) < 4.78 is 0.836. The Morgan fingerprint density at radius 1 is 1.00 bits per heavy atom. The molecule has 3 aromatic heterocycles. The topological polar surface area (TPSA) is 76.5 Å². The summed E-state index contributed by atoms with van der Waals surface area (Å²) in [7, 11) is 0. The lowest BCUT2D eigenvalue weighted by Crippen LogP contribution is -2.25. The molecule has 0 unspecified atom stereocenters. The van der Waals surface area contributed by atoms with E-state index in [-0.39, 0.29) is 5.54 Å². The number of rotatable bonds is 4. The fourth-order valence-electron chi connectivity index (χ4n) is 2.45. The number of pyridine rings is 1. The molecule has 0 atom stereocenters. The Kier molecular flexibility index (Phi) is 4.75. The van der Waals surface area contributed by atoms with Crippen LogP contribution in [0.3, 0.4) is 0 Å². The molecule has 0 radical (unpaired) electrons. The van der Waals surface area contributed by atoms with Crippen molar-refractivity contribution in [1.82, 2.24) is 25.1 Å². The van der Waals surface area contributed by atoms with Gasteiger partial charge in [-0.05, 0) is 50.7 Å². The number of aromatic nitrogens is 5. The predicted molar refractivity (Wildman–Crippen MR) is 110 cm³/mol. The van der Waals surface area contributed by atoms with Crippen LogP contribution in [-0.2, 0) is 0 Å². The van der Waals surface area contributed by atoms with Gasteiger partial charge in [-0.2, -0.15) is 0 Å². The summed E-state index contributed by atoms with van der Waals surface area (Å²) in [5.41, 5.74) is 1.72. The fraction of sp³-hybridized carbons (Fsp3) is 0.211. The zero-order chi connectivity index (χ0) is 18.9. The molecule has 0 spiro atoms.